The van der Waals surface area contributed by atoms with Crippen LogP contribution in [0.3, 0.4) is 0 Å². The molecule has 1 rings (SSSR count). The molecule has 0 amide bonds. The van der Waals surface area contributed by atoms with Crippen LogP contribution < -0.4 is 0 Å². The van der Waals surface area contributed by atoms with Crippen LogP contribution >= 0.6 is 0 Å². The van der Waals surface area contributed by atoms with E-state index in [4.69, 9.17) is 5.11 Å². The summed E-state index contributed by atoms with van der Waals surface area (Å²) >= 11 is 0. The van der Waals surface area contributed by atoms with Gasteiger partial charge in [0.15, 0.2) is 0 Å². The van der Waals surface area contributed by atoms with Gasteiger partial charge in [0.05, 0.1) is 11.7 Å². The van der Waals surface area contributed by atoms with Crippen molar-refractivity contribution >= 4 is 16.0 Å². The molecule has 5 nitrogen and oxygen atoms in total. The predicted molar refractivity (Wildman–Crippen MR) is 56.0 cm³/mol. The van der Waals surface area contributed by atoms with E-state index in [1.54, 1.807) is 6.92 Å². The van der Waals surface area contributed by atoms with E-state index in [2.05, 4.69) is 0 Å². The smallest absolute Gasteiger partial charge is 0.306 e. The number of sulfonamides is 1. The predicted octanol–water partition coefficient (Wildman–Crippen LogP) is 0.523. The van der Waals surface area contributed by atoms with Crippen molar-refractivity contribution in [2.45, 2.75) is 26.2 Å². The molecule has 15 heavy (non-hydrogen) atoms. The molecular formula is C9H17NO4S. The third-order valence-corrected chi connectivity index (χ3v) is 4.64. The zero-order valence-electron chi connectivity index (χ0n) is 8.85. The fourth-order valence-electron chi connectivity index (χ4n) is 1.55. The maximum absolute atomic E-state index is 11.5. The number of carboxylic acid groups (broad SMARTS) is 1. The van der Waals surface area contributed by atoms with Crippen LogP contribution in [0.15, 0.2) is 0 Å². The van der Waals surface area contributed by atoms with E-state index in [-0.39, 0.29) is 5.75 Å². The molecule has 1 heterocycles. The van der Waals surface area contributed by atoms with Gasteiger partial charge in [0.2, 0.25) is 10.0 Å². The van der Waals surface area contributed by atoms with E-state index in [0.717, 1.165) is 6.42 Å². The molecule has 0 spiro atoms. The van der Waals surface area contributed by atoms with E-state index in [1.165, 1.54) is 4.31 Å². The Labute approximate surface area is 90.1 Å². The summed E-state index contributed by atoms with van der Waals surface area (Å²) in [5.41, 5.74) is 0. The number of hydrogen-bond donors (Lipinski definition) is 1. The molecule has 6 heteroatoms. The second-order valence-corrected chi connectivity index (χ2v) is 6.04. The Morgan fingerprint density at radius 3 is 2.67 bits per heavy atom. The number of nitrogens with zero attached hydrogens (tertiary/aromatic N) is 1. The van der Waals surface area contributed by atoms with Gasteiger partial charge in [0, 0.05) is 13.1 Å². The lowest BCUT2D eigenvalue weighted by molar-refractivity contribution is -0.141. The third-order valence-electron chi connectivity index (χ3n) is 2.69. The molecule has 1 atom stereocenters. The summed E-state index contributed by atoms with van der Waals surface area (Å²) in [4.78, 5) is 10.6. The van der Waals surface area contributed by atoms with Crippen molar-refractivity contribution in [1.82, 2.24) is 4.31 Å². The van der Waals surface area contributed by atoms with Gasteiger partial charge in [-0.05, 0) is 19.3 Å². The van der Waals surface area contributed by atoms with Gasteiger partial charge in [-0.2, -0.15) is 0 Å². The maximum Gasteiger partial charge on any atom is 0.306 e. The largest absolute Gasteiger partial charge is 0.481 e. The van der Waals surface area contributed by atoms with Gasteiger partial charge >= 0.3 is 5.97 Å². The average molecular weight is 235 g/mol. The fourth-order valence-corrected chi connectivity index (χ4v) is 3.17. The second-order valence-electron chi connectivity index (χ2n) is 3.95. The van der Waals surface area contributed by atoms with Gasteiger partial charge < -0.3 is 5.11 Å². The number of rotatable bonds is 4. The highest BCUT2D eigenvalue weighted by atomic mass is 32.2. The zero-order chi connectivity index (χ0) is 11.5. The van der Waals surface area contributed by atoms with Crippen LogP contribution in [-0.4, -0.2) is 42.6 Å². The maximum atomic E-state index is 11.5. The lowest BCUT2D eigenvalue weighted by Crippen LogP contribution is -2.39. The minimum absolute atomic E-state index is 0.203. The fraction of sp³-hybridized carbons (Fsp3) is 0.889. The summed E-state index contributed by atoms with van der Waals surface area (Å²) < 4.78 is 24.5. The SMILES string of the molecule is CC(CCN1CCCCS1(=O)=O)C(=O)O. The first-order valence-corrected chi connectivity index (χ1v) is 6.75. The molecule has 1 aliphatic heterocycles. The second kappa shape index (κ2) is 4.94. The molecule has 1 N–H and O–H groups in total. The van der Waals surface area contributed by atoms with Gasteiger partial charge in [-0.1, -0.05) is 6.92 Å². The molecular weight excluding hydrogens is 218 g/mol. The van der Waals surface area contributed by atoms with Crippen LogP contribution in [0.5, 0.6) is 0 Å². The van der Waals surface area contributed by atoms with Crippen molar-refractivity contribution in [3.05, 3.63) is 0 Å². The monoisotopic (exact) mass is 235 g/mol. The number of aliphatic carboxylic acids is 1. The highest BCUT2D eigenvalue weighted by molar-refractivity contribution is 7.89. The van der Waals surface area contributed by atoms with Gasteiger partial charge in [0.1, 0.15) is 0 Å². The average Bonchev–Trinajstić information content (AvgIpc) is 2.14. The van der Waals surface area contributed by atoms with Gasteiger partial charge in [-0.25, -0.2) is 12.7 Å². The van der Waals surface area contributed by atoms with E-state index in [0.29, 0.717) is 25.9 Å². The van der Waals surface area contributed by atoms with Crippen molar-refractivity contribution in [3.8, 4) is 0 Å². The molecule has 1 fully saturated rings. The standard InChI is InChI=1S/C9H17NO4S/c1-8(9(11)12)4-6-10-5-2-3-7-15(10,13)14/h8H,2-7H2,1H3,(H,11,12). The van der Waals surface area contributed by atoms with Crippen LogP contribution in [0.1, 0.15) is 26.2 Å². The molecule has 1 aliphatic rings. The molecule has 1 unspecified atom stereocenters. The van der Waals surface area contributed by atoms with Crippen molar-refractivity contribution in [1.29, 1.82) is 0 Å². The zero-order valence-corrected chi connectivity index (χ0v) is 9.66. The topological polar surface area (TPSA) is 74.7 Å². The van der Waals surface area contributed by atoms with Crippen LogP contribution in [-0.2, 0) is 14.8 Å². The molecule has 0 saturated carbocycles. The third kappa shape index (κ3) is 3.46. The Bertz CT molecular complexity index is 325. The normalized spacial score (nSPS) is 23.5. The lowest BCUT2D eigenvalue weighted by atomic mass is 10.1. The van der Waals surface area contributed by atoms with Crippen molar-refractivity contribution < 1.29 is 18.3 Å². The van der Waals surface area contributed by atoms with Crippen LogP contribution in [0.2, 0.25) is 0 Å². The Morgan fingerprint density at radius 1 is 1.47 bits per heavy atom. The number of carboxylic acids is 1. The van der Waals surface area contributed by atoms with Crippen molar-refractivity contribution in [3.63, 3.8) is 0 Å². The molecule has 0 aromatic carbocycles. The first kappa shape index (κ1) is 12.4. The van der Waals surface area contributed by atoms with Gasteiger partial charge in [0.25, 0.3) is 0 Å². The van der Waals surface area contributed by atoms with Crippen molar-refractivity contribution in [2.24, 2.45) is 5.92 Å². The Kier molecular flexibility index (Phi) is 4.10. The van der Waals surface area contributed by atoms with Crippen LogP contribution in [0.4, 0.5) is 0 Å². The van der Waals surface area contributed by atoms with Gasteiger partial charge in [-0.15, -0.1) is 0 Å². The first-order chi connectivity index (χ1) is 6.93. The minimum Gasteiger partial charge on any atom is -0.481 e. The summed E-state index contributed by atoms with van der Waals surface area (Å²) in [5, 5.41) is 8.67. The summed E-state index contributed by atoms with van der Waals surface area (Å²) in [5.74, 6) is -1.15. The van der Waals surface area contributed by atoms with E-state index in [9.17, 15) is 13.2 Å². The molecule has 88 valence electrons. The van der Waals surface area contributed by atoms with E-state index >= 15 is 0 Å². The number of hydrogen-bond acceptors (Lipinski definition) is 3. The Morgan fingerprint density at radius 2 is 2.13 bits per heavy atom. The minimum atomic E-state index is -3.10. The highest BCUT2D eigenvalue weighted by Gasteiger charge is 2.26. The Hall–Kier alpha value is -0.620. The molecule has 0 aromatic rings. The molecule has 0 aromatic heterocycles. The summed E-state index contributed by atoms with van der Waals surface area (Å²) in [6.45, 7) is 2.46. The first-order valence-electron chi connectivity index (χ1n) is 5.14. The summed E-state index contributed by atoms with van der Waals surface area (Å²) in [6, 6.07) is 0. The summed E-state index contributed by atoms with van der Waals surface area (Å²) in [7, 11) is -3.10. The van der Waals surface area contributed by atoms with E-state index < -0.39 is 21.9 Å². The molecule has 0 radical (unpaired) electrons. The molecule has 1 saturated heterocycles. The Balaban J connectivity index is 2.47. The van der Waals surface area contributed by atoms with Crippen molar-refractivity contribution in [2.75, 3.05) is 18.8 Å². The van der Waals surface area contributed by atoms with Gasteiger partial charge in [-0.3, -0.25) is 4.79 Å². The van der Waals surface area contributed by atoms with Crippen LogP contribution in [0, 0.1) is 5.92 Å². The highest BCUT2D eigenvalue weighted by Crippen LogP contribution is 2.15. The van der Waals surface area contributed by atoms with E-state index in [1.807, 2.05) is 0 Å². The summed E-state index contributed by atoms with van der Waals surface area (Å²) in [6.07, 6.45) is 1.97. The van der Waals surface area contributed by atoms with Crippen LogP contribution in [0.25, 0.3) is 0 Å². The number of carbonyl (C=O) groups is 1. The molecule has 0 aliphatic carbocycles. The quantitative estimate of drug-likeness (QED) is 0.771. The lowest BCUT2D eigenvalue weighted by Gasteiger charge is -2.26. The molecule has 0 bridgehead atoms.